The Hall–Kier alpha value is -2.24. The number of methoxy groups -OCH3 is 2. The third-order valence-electron chi connectivity index (χ3n) is 2.25. The van der Waals surface area contributed by atoms with Gasteiger partial charge in [-0.1, -0.05) is 0 Å². The average Bonchev–Trinajstić information content (AvgIpc) is 2.39. The quantitative estimate of drug-likeness (QED) is 0.365. The van der Waals surface area contributed by atoms with Gasteiger partial charge < -0.3 is 20.1 Å². The molecule has 6 nitrogen and oxygen atoms in total. The van der Waals surface area contributed by atoms with Gasteiger partial charge in [-0.25, -0.2) is 4.79 Å². The van der Waals surface area contributed by atoms with E-state index in [4.69, 9.17) is 15.3 Å². The second-order valence-electron chi connectivity index (χ2n) is 3.47. The van der Waals surface area contributed by atoms with Crippen LogP contribution in [0.3, 0.4) is 0 Å². The normalized spacial score (nSPS) is 12.2. The van der Waals surface area contributed by atoms with Gasteiger partial charge in [0.05, 0.1) is 20.4 Å². The predicted molar refractivity (Wildman–Crippen MR) is 66.9 cm³/mol. The first kappa shape index (κ1) is 13.8. The number of hydrogen-bond donors (Lipinski definition) is 1. The number of hydrazone groups is 1. The van der Waals surface area contributed by atoms with Crippen molar-refractivity contribution in [2.24, 2.45) is 10.9 Å². The molecular weight excluding hydrogens is 236 g/mol. The highest BCUT2D eigenvalue weighted by Gasteiger charge is 2.17. The lowest BCUT2D eigenvalue weighted by Crippen LogP contribution is -2.25. The number of nitrogens with two attached hydrogens (primary N) is 1. The fourth-order valence-electron chi connectivity index (χ4n) is 1.35. The van der Waals surface area contributed by atoms with Crippen molar-refractivity contribution < 1.29 is 19.0 Å². The van der Waals surface area contributed by atoms with E-state index in [1.54, 1.807) is 25.1 Å². The first-order chi connectivity index (χ1) is 8.62. The van der Waals surface area contributed by atoms with Crippen LogP contribution in [-0.2, 0) is 9.53 Å². The van der Waals surface area contributed by atoms with Crippen molar-refractivity contribution in [3.63, 3.8) is 0 Å². The first-order valence-electron chi connectivity index (χ1n) is 5.28. The van der Waals surface area contributed by atoms with Gasteiger partial charge in [0.2, 0.25) is 0 Å². The number of esters is 1. The Bertz CT molecular complexity index is 446. The Morgan fingerprint density at radius 3 is 2.67 bits per heavy atom. The monoisotopic (exact) mass is 252 g/mol. The predicted octanol–water partition coefficient (Wildman–Crippen LogP) is 0.928. The SMILES string of the molecule is COC(=O)C(C)Oc1ccc(C=NN)cc1OC. The molecule has 0 bridgehead atoms. The van der Waals surface area contributed by atoms with Gasteiger partial charge in [-0.2, -0.15) is 5.10 Å². The molecule has 1 rings (SSSR count). The number of ether oxygens (including phenoxy) is 3. The lowest BCUT2D eigenvalue weighted by Gasteiger charge is -2.15. The molecule has 0 radical (unpaired) electrons. The number of carbonyl (C=O) groups excluding carboxylic acids is 1. The molecule has 0 amide bonds. The van der Waals surface area contributed by atoms with Crippen LogP contribution in [0.4, 0.5) is 0 Å². The van der Waals surface area contributed by atoms with Crippen molar-refractivity contribution in [2.45, 2.75) is 13.0 Å². The molecule has 0 heterocycles. The average molecular weight is 252 g/mol. The summed E-state index contributed by atoms with van der Waals surface area (Å²) in [4.78, 5) is 11.3. The molecule has 0 saturated carbocycles. The van der Waals surface area contributed by atoms with Crippen LogP contribution in [0.2, 0.25) is 0 Å². The minimum absolute atomic E-state index is 0.449. The van der Waals surface area contributed by atoms with Crippen LogP contribution in [0, 0.1) is 0 Å². The molecule has 1 aromatic carbocycles. The highest BCUT2D eigenvalue weighted by Crippen LogP contribution is 2.28. The smallest absolute Gasteiger partial charge is 0.346 e. The summed E-state index contributed by atoms with van der Waals surface area (Å²) in [7, 11) is 2.81. The summed E-state index contributed by atoms with van der Waals surface area (Å²) in [5, 5.41) is 3.42. The molecule has 0 saturated heterocycles. The van der Waals surface area contributed by atoms with Gasteiger partial charge >= 0.3 is 5.97 Å². The zero-order chi connectivity index (χ0) is 13.5. The molecule has 18 heavy (non-hydrogen) atoms. The molecule has 6 heteroatoms. The molecule has 1 atom stereocenters. The molecule has 98 valence electrons. The second kappa shape index (κ2) is 6.48. The van der Waals surface area contributed by atoms with Crippen LogP contribution in [-0.4, -0.2) is 32.5 Å². The van der Waals surface area contributed by atoms with Gasteiger partial charge in [0.1, 0.15) is 0 Å². The molecule has 0 fully saturated rings. The molecule has 1 aromatic rings. The highest BCUT2D eigenvalue weighted by atomic mass is 16.6. The van der Waals surface area contributed by atoms with E-state index in [0.717, 1.165) is 5.56 Å². The summed E-state index contributed by atoms with van der Waals surface area (Å²) in [6.45, 7) is 1.60. The number of hydrogen-bond acceptors (Lipinski definition) is 6. The van der Waals surface area contributed by atoms with E-state index >= 15 is 0 Å². The van der Waals surface area contributed by atoms with E-state index in [1.165, 1.54) is 20.4 Å². The van der Waals surface area contributed by atoms with Crippen LogP contribution >= 0.6 is 0 Å². The van der Waals surface area contributed by atoms with Gasteiger partial charge in [0.25, 0.3) is 0 Å². The molecular formula is C12H16N2O4. The molecule has 0 aromatic heterocycles. The lowest BCUT2D eigenvalue weighted by molar-refractivity contribution is -0.147. The summed E-state index contributed by atoms with van der Waals surface area (Å²) in [5.41, 5.74) is 0.771. The van der Waals surface area contributed by atoms with Crippen molar-refractivity contribution >= 4 is 12.2 Å². The van der Waals surface area contributed by atoms with Crippen LogP contribution in [0.15, 0.2) is 23.3 Å². The van der Waals surface area contributed by atoms with Crippen molar-refractivity contribution in [2.75, 3.05) is 14.2 Å². The van der Waals surface area contributed by atoms with Crippen molar-refractivity contribution in [1.82, 2.24) is 0 Å². The molecule has 0 aliphatic heterocycles. The van der Waals surface area contributed by atoms with Crippen molar-refractivity contribution in [3.05, 3.63) is 23.8 Å². The van der Waals surface area contributed by atoms with Crippen LogP contribution in [0.25, 0.3) is 0 Å². The Kier molecular flexibility index (Phi) is 4.98. The van der Waals surface area contributed by atoms with Gasteiger partial charge in [0.15, 0.2) is 17.6 Å². The maximum atomic E-state index is 11.3. The Morgan fingerprint density at radius 1 is 1.39 bits per heavy atom. The number of carbonyl (C=O) groups is 1. The maximum Gasteiger partial charge on any atom is 0.346 e. The molecule has 0 spiro atoms. The minimum Gasteiger partial charge on any atom is -0.493 e. The zero-order valence-corrected chi connectivity index (χ0v) is 10.5. The number of rotatable bonds is 5. The van der Waals surface area contributed by atoms with E-state index in [2.05, 4.69) is 9.84 Å². The topological polar surface area (TPSA) is 83.1 Å². The van der Waals surface area contributed by atoms with Crippen LogP contribution < -0.4 is 15.3 Å². The van der Waals surface area contributed by atoms with Gasteiger partial charge in [-0.3, -0.25) is 0 Å². The first-order valence-corrected chi connectivity index (χ1v) is 5.28. The van der Waals surface area contributed by atoms with Crippen LogP contribution in [0.5, 0.6) is 11.5 Å². The minimum atomic E-state index is -0.710. The molecule has 0 aliphatic carbocycles. The van der Waals surface area contributed by atoms with Gasteiger partial charge in [0, 0.05) is 0 Å². The Balaban J connectivity index is 2.92. The van der Waals surface area contributed by atoms with Crippen LogP contribution in [0.1, 0.15) is 12.5 Å². The fraction of sp³-hybridized carbons (Fsp3) is 0.333. The maximum absolute atomic E-state index is 11.3. The van der Waals surface area contributed by atoms with E-state index in [-0.39, 0.29) is 0 Å². The van der Waals surface area contributed by atoms with E-state index in [0.29, 0.717) is 11.5 Å². The van der Waals surface area contributed by atoms with Gasteiger partial charge in [-0.15, -0.1) is 0 Å². The summed E-state index contributed by atoms with van der Waals surface area (Å²) in [5.74, 6) is 5.55. The molecule has 1 unspecified atom stereocenters. The number of benzene rings is 1. The number of nitrogens with zero attached hydrogens (tertiary/aromatic N) is 1. The zero-order valence-electron chi connectivity index (χ0n) is 10.5. The van der Waals surface area contributed by atoms with Gasteiger partial charge in [-0.05, 0) is 30.7 Å². The summed E-state index contributed by atoms with van der Waals surface area (Å²) >= 11 is 0. The van der Waals surface area contributed by atoms with Crippen molar-refractivity contribution in [3.8, 4) is 11.5 Å². The Labute approximate surface area is 105 Å². The largest absolute Gasteiger partial charge is 0.493 e. The summed E-state index contributed by atoms with van der Waals surface area (Å²) < 4.78 is 15.2. The summed E-state index contributed by atoms with van der Waals surface area (Å²) in [6, 6.07) is 5.13. The van der Waals surface area contributed by atoms with E-state index in [9.17, 15) is 4.79 Å². The lowest BCUT2D eigenvalue weighted by atomic mass is 10.2. The van der Waals surface area contributed by atoms with Crippen molar-refractivity contribution in [1.29, 1.82) is 0 Å². The third-order valence-corrected chi connectivity index (χ3v) is 2.25. The fourth-order valence-corrected chi connectivity index (χ4v) is 1.35. The highest BCUT2D eigenvalue weighted by molar-refractivity contribution is 5.80. The van der Waals surface area contributed by atoms with E-state index < -0.39 is 12.1 Å². The second-order valence-corrected chi connectivity index (χ2v) is 3.47. The Morgan fingerprint density at radius 2 is 2.11 bits per heavy atom. The summed E-state index contributed by atoms with van der Waals surface area (Å²) in [6.07, 6.45) is 0.772. The molecule has 2 N–H and O–H groups in total. The van der Waals surface area contributed by atoms with E-state index in [1.807, 2.05) is 0 Å². The molecule has 0 aliphatic rings. The third kappa shape index (κ3) is 3.38. The standard InChI is InChI=1S/C12H16N2O4/c1-8(12(15)17-3)18-10-5-4-9(7-14-13)6-11(10)16-2/h4-8H,13H2,1-3H3.